The Morgan fingerprint density at radius 2 is 0.891 bits per heavy atom. The van der Waals surface area contributed by atoms with Gasteiger partial charge in [0.05, 0.1) is 0 Å². The van der Waals surface area contributed by atoms with Gasteiger partial charge in [0, 0.05) is 5.30 Å². The molecular formula is C44H36P2. The maximum absolute atomic E-state index is 2.66. The Hall–Kier alpha value is -4.34. The van der Waals surface area contributed by atoms with Gasteiger partial charge in [-0.05, 0) is 107 Å². The molecule has 8 rings (SSSR count). The summed E-state index contributed by atoms with van der Waals surface area (Å²) in [6.07, 6.45) is 4.76. The SMILES string of the molecule is c1ccc(P(c2ccccc2)c2cc3c(c(-c4cccc5ccccc45)c2P(c2ccccc2)c2ccccc2)CCCC3)cc1. The average Bonchev–Trinajstić information content (AvgIpc) is 3.13. The third-order valence-electron chi connectivity index (χ3n) is 9.18. The zero-order valence-corrected chi connectivity index (χ0v) is 27.7. The van der Waals surface area contributed by atoms with Gasteiger partial charge in [-0.2, -0.15) is 0 Å². The van der Waals surface area contributed by atoms with E-state index in [-0.39, 0.29) is 0 Å². The third kappa shape index (κ3) is 5.52. The van der Waals surface area contributed by atoms with E-state index >= 15 is 0 Å². The Labute approximate surface area is 275 Å². The predicted octanol–water partition coefficient (Wildman–Crippen LogP) is 8.90. The molecule has 0 aliphatic heterocycles. The maximum atomic E-state index is 2.66. The van der Waals surface area contributed by atoms with E-state index in [9.17, 15) is 0 Å². The molecule has 2 heteroatoms. The summed E-state index contributed by atoms with van der Waals surface area (Å²) in [4.78, 5) is 0. The van der Waals surface area contributed by atoms with Crippen LogP contribution in [0.3, 0.4) is 0 Å². The lowest BCUT2D eigenvalue weighted by Gasteiger charge is -2.34. The first kappa shape index (κ1) is 29.1. The molecule has 7 aromatic rings. The van der Waals surface area contributed by atoms with Crippen molar-refractivity contribution in [3.8, 4) is 11.1 Å². The highest BCUT2D eigenvalue weighted by Crippen LogP contribution is 2.46. The van der Waals surface area contributed by atoms with Crippen LogP contribution in [0, 0.1) is 0 Å². The van der Waals surface area contributed by atoms with Crippen LogP contribution in [-0.2, 0) is 12.8 Å². The van der Waals surface area contributed by atoms with Crippen LogP contribution in [-0.4, -0.2) is 0 Å². The monoisotopic (exact) mass is 626 g/mol. The number of rotatable bonds is 7. The van der Waals surface area contributed by atoms with Crippen molar-refractivity contribution in [2.75, 3.05) is 0 Å². The number of benzene rings is 7. The van der Waals surface area contributed by atoms with Gasteiger partial charge in [0.15, 0.2) is 0 Å². The summed E-state index contributed by atoms with van der Waals surface area (Å²) in [6.45, 7) is 0. The smallest absolute Gasteiger partial charge is 0.00142 e. The minimum atomic E-state index is -0.879. The van der Waals surface area contributed by atoms with Crippen molar-refractivity contribution in [1.82, 2.24) is 0 Å². The van der Waals surface area contributed by atoms with Gasteiger partial charge in [-0.3, -0.25) is 0 Å². The summed E-state index contributed by atoms with van der Waals surface area (Å²) >= 11 is 0. The molecule has 0 unspecified atom stereocenters. The van der Waals surface area contributed by atoms with Gasteiger partial charge in [0.1, 0.15) is 0 Å². The molecule has 0 heterocycles. The lowest BCUT2D eigenvalue weighted by atomic mass is 9.84. The zero-order chi connectivity index (χ0) is 30.7. The van der Waals surface area contributed by atoms with E-state index in [1.54, 1.807) is 11.1 Å². The van der Waals surface area contributed by atoms with E-state index in [0.717, 1.165) is 12.8 Å². The van der Waals surface area contributed by atoms with Crippen molar-refractivity contribution < 1.29 is 0 Å². The molecule has 0 amide bonds. The Kier molecular flexibility index (Phi) is 8.33. The van der Waals surface area contributed by atoms with Gasteiger partial charge in [-0.25, -0.2) is 0 Å². The van der Waals surface area contributed by atoms with E-state index in [1.807, 2.05) is 0 Å². The average molecular weight is 627 g/mol. The Bertz CT molecular complexity index is 2000. The third-order valence-corrected chi connectivity index (χ3v) is 14.4. The first-order chi connectivity index (χ1) is 22.9. The van der Waals surface area contributed by atoms with Gasteiger partial charge in [-0.1, -0.05) is 164 Å². The van der Waals surface area contributed by atoms with Gasteiger partial charge in [-0.15, -0.1) is 0 Å². The molecule has 0 spiro atoms. The van der Waals surface area contributed by atoms with E-state index in [1.165, 1.54) is 66.6 Å². The molecule has 0 N–H and O–H groups in total. The minimum Gasteiger partial charge on any atom is -0.0622 e. The molecule has 0 nitrogen and oxygen atoms in total. The quantitative estimate of drug-likeness (QED) is 0.155. The predicted molar refractivity (Wildman–Crippen MR) is 203 cm³/mol. The highest BCUT2D eigenvalue weighted by Gasteiger charge is 2.32. The van der Waals surface area contributed by atoms with Crippen LogP contribution in [0.1, 0.15) is 24.0 Å². The van der Waals surface area contributed by atoms with Crippen LogP contribution in [0.2, 0.25) is 0 Å². The van der Waals surface area contributed by atoms with Crippen molar-refractivity contribution >= 4 is 58.4 Å². The van der Waals surface area contributed by atoms with Crippen LogP contribution < -0.4 is 31.8 Å². The Balaban J connectivity index is 1.56. The highest BCUT2D eigenvalue weighted by molar-refractivity contribution is 7.85. The second-order valence-electron chi connectivity index (χ2n) is 12.0. The van der Waals surface area contributed by atoms with Crippen molar-refractivity contribution in [2.45, 2.75) is 25.7 Å². The molecular weight excluding hydrogens is 590 g/mol. The largest absolute Gasteiger partial charge is 0.0622 e. The first-order valence-electron chi connectivity index (χ1n) is 16.3. The molecule has 1 aliphatic rings. The van der Waals surface area contributed by atoms with Crippen LogP contribution in [0.15, 0.2) is 170 Å². The summed E-state index contributed by atoms with van der Waals surface area (Å²) in [5, 5.41) is 11.3. The topological polar surface area (TPSA) is 0 Å². The zero-order valence-electron chi connectivity index (χ0n) is 25.9. The second kappa shape index (κ2) is 13.2. The van der Waals surface area contributed by atoms with Crippen molar-refractivity contribution in [2.24, 2.45) is 0 Å². The summed E-state index contributed by atoms with van der Waals surface area (Å²) in [5.41, 5.74) is 5.98. The van der Waals surface area contributed by atoms with Gasteiger partial charge in [0.25, 0.3) is 0 Å². The van der Waals surface area contributed by atoms with Crippen LogP contribution in [0.25, 0.3) is 21.9 Å². The second-order valence-corrected chi connectivity index (χ2v) is 16.3. The molecule has 0 saturated heterocycles. The molecule has 0 fully saturated rings. The van der Waals surface area contributed by atoms with Crippen molar-refractivity contribution in [1.29, 1.82) is 0 Å². The summed E-state index contributed by atoms with van der Waals surface area (Å²) < 4.78 is 0. The van der Waals surface area contributed by atoms with Gasteiger partial charge < -0.3 is 0 Å². The van der Waals surface area contributed by atoms with Crippen LogP contribution >= 0.6 is 15.8 Å². The van der Waals surface area contributed by atoms with E-state index in [0.29, 0.717) is 0 Å². The fourth-order valence-corrected chi connectivity index (χ4v) is 12.7. The van der Waals surface area contributed by atoms with Crippen LogP contribution in [0.5, 0.6) is 0 Å². The molecule has 0 atom stereocenters. The van der Waals surface area contributed by atoms with E-state index in [4.69, 9.17) is 0 Å². The number of aryl methyl sites for hydroxylation is 1. The summed E-state index contributed by atoms with van der Waals surface area (Å²) in [5.74, 6) is 0. The number of hydrogen-bond donors (Lipinski definition) is 0. The van der Waals surface area contributed by atoms with Gasteiger partial charge >= 0.3 is 0 Å². The molecule has 0 bridgehead atoms. The van der Waals surface area contributed by atoms with E-state index < -0.39 is 15.8 Å². The molecule has 46 heavy (non-hydrogen) atoms. The number of fused-ring (bicyclic) bond motifs is 2. The fourth-order valence-electron chi connectivity index (χ4n) is 7.15. The molecule has 222 valence electrons. The molecule has 0 aromatic heterocycles. The normalized spacial score (nSPS) is 12.8. The Morgan fingerprint density at radius 1 is 0.413 bits per heavy atom. The maximum Gasteiger partial charge on any atom is 0.00142 e. The van der Waals surface area contributed by atoms with E-state index in [2.05, 4.69) is 170 Å². The Morgan fingerprint density at radius 3 is 1.48 bits per heavy atom. The van der Waals surface area contributed by atoms with Crippen molar-refractivity contribution in [3.05, 3.63) is 181 Å². The van der Waals surface area contributed by atoms with Crippen molar-refractivity contribution in [3.63, 3.8) is 0 Å². The standard InChI is InChI=1S/C44H36P2/c1-5-21-35(22-6-1)45(36-23-7-2-8-24-36)42-32-34-19-14-16-30-40(34)43(41-31-17-20-33-18-13-15-29-39(33)41)44(42)46(37-25-9-3-10-26-37)38-27-11-4-12-28-38/h1-13,15,17-18,20-29,31-32H,14,16,19,30H2. The molecule has 7 aromatic carbocycles. The minimum absolute atomic E-state index is 0.829. The summed E-state index contributed by atoms with van der Waals surface area (Å²) in [6, 6.07) is 63.8. The molecule has 0 saturated carbocycles. The molecule has 1 aliphatic carbocycles. The molecule has 0 radical (unpaired) electrons. The fraction of sp³-hybridized carbons (Fsp3) is 0.0909. The lowest BCUT2D eigenvalue weighted by molar-refractivity contribution is 0.688. The van der Waals surface area contributed by atoms with Crippen LogP contribution in [0.4, 0.5) is 0 Å². The van der Waals surface area contributed by atoms with Gasteiger partial charge in [0.2, 0.25) is 0 Å². The highest BCUT2D eigenvalue weighted by atomic mass is 31.1. The number of hydrogen-bond acceptors (Lipinski definition) is 0. The lowest BCUT2D eigenvalue weighted by Crippen LogP contribution is -2.37. The first-order valence-corrected chi connectivity index (χ1v) is 19.0. The summed E-state index contributed by atoms with van der Waals surface area (Å²) in [7, 11) is -1.71.